The average Bonchev–Trinajstić information content (AvgIpc) is 3.04. The van der Waals surface area contributed by atoms with Crippen LogP contribution in [-0.2, 0) is 6.42 Å². The van der Waals surface area contributed by atoms with Gasteiger partial charge in [-0.1, -0.05) is 30.7 Å². The van der Waals surface area contributed by atoms with Crippen LogP contribution in [0.2, 0.25) is 0 Å². The van der Waals surface area contributed by atoms with Gasteiger partial charge >= 0.3 is 0 Å². The second-order valence-corrected chi connectivity index (χ2v) is 5.92. The molecule has 3 rings (SSSR count). The van der Waals surface area contributed by atoms with Gasteiger partial charge in [0.25, 0.3) is 0 Å². The summed E-state index contributed by atoms with van der Waals surface area (Å²) in [6.07, 6.45) is 0.866. The molecule has 0 spiro atoms. The molecular formula is C14H14N4S2. The van der Waals surface area contributed by atoms with Crippen LogP contribution in [-0.4, -0.2) is 20.2 Å². The first kappa shape index (κ1) is 13.2. The number of H-pyrrole nitrogens is 2. The number of aryl methyl sites for hydroxylation is 2. The number of nitrogens with one attached hydrogen (secondary N) is 2. The SMILES string of the molecule is CCc1nc(-c2cccc(C)c2)sc1-c1nc(=S)[nH][nH]1. The molecule has 102 valence electrons. The maximum Gasteiger partial charge on any atom is 0.213 e. The lowest BCUT2D eigenvalue weighted by molar-refractivity contribution is 1.05. The predicted octanol–water partition coefficient (Wildman–Crippen LogP) is 4.13. The van der Waals surface area contributed by atoms with Crippen LogP contribution < -0.4 is 0 Å². The van der Waals surface area contributed by atoms with Gasteiger partial charge in [-0.05, 0) is 31.6 Å². The van der Waals surface area contributed by atoms with E-state index in [4.69, 9.17) is 17.2 Å². The van der Waals surface area contributed by atoms with Gasteiger partial charge in [0.2, 0.25) is 4.77 Å². The van der Waals surface area contributed by atoms with Gasteiger partial charge in [-0.3, -0.25) is 10.2 Å². The van der Waals surface area contributed by atoms with Crippen LogP contribution in [0, 0.1) is 11.7 Å². The molecule has 0 unspecified atom stereocenters. The highest BCUT2D eigenvalue weighted by atomic mass is 32.1. The van der Waals surface area contributed by atoms with E-state index in [9.17, 15) is 0 Å². The number of benzene rings is 1. The fraction of sp³-hybridized carbons (Fsp3) is 0.214. The summed E-state index contributed by atoms with van der Waals surface area (Å²) in [5.74, 6) is 0.767. The Kier molecular flexibility index (Phi) is 3.50. The van der Waals surface area contributed by atoms with Crippen LogP contribution in [0.5, 0.6) is 0 Å². The van der Waals surface area contributed by atoms with E-state index < -0.39 is 0 Å². The molecule has 0 saturated carbocycles. The number of aromatic amines is 2. The molecule has 0 fully saturated rings. The smallest absolute Gasteiger partial charge is 0.213 e. The second kappa shape index (κ2) is 5.30. The summed E-state index contributed by atoms with van der Waals surface area (Å²) in [7, 11) is 0. The molecule has 2 N–H and O–H groups in total. The van der Waals surface area contributed by atoms with E-state index in [1.807, 2.05) is 0 Å². The van der Waals surface area contributed by atoms with E-state index in [0.717, 1.165) is 33.4 Å². The molecule has 0 aliphatic carbocycles. The Labute approximate surface area is 125 Å². The molecule has 0 atom stereocenters. The minimum Gasteiger partial charge on any atom is -0.281 e. The third-order valence-corrected chi connectivity index (χ3v) is 4.36. The van der Waals surface area contributed by atoms with Crippen LogP contribution in [0.4, 0.5) is 0 Å². The summed E-state index contributed by atoms with van der Waals surface area (Å²) >= 11 is 6.66. The second-order valence-electron chi connectivity index (χ2n) is 4.53. The quantitative estimate of drug-likeness (QED) is 0.715. The summed E-state index contributed by atoms with van der Waals surface area (Å²) in [5, 5.41) is 6.85. The molecule has 2 heterocycles. The Bertz CT molecular complexity index is 797. The van der Waals surface area contributed by atoms with E-state index in [2.05, 4.69) is 53.3 Å². The van der Waals surface area contributed by atoms with Gasteiger partial charge in [0.15, 0.2) is 5.82 Å². The molecular weight excluding hydrogens is 288 g/mol. The van der Waals surface area contributed by atoms with E-state index in [0.29, 0.717) is 4.77 Å². The van der Waals surface area contributed by atoms with Crippen molar-refractivity contribution in [1.29, 1.82) is 0 Å². The summed E-state index contributed by atoms with van der Waals surface area (Å²) in [4.78, 5) is 10.1. The normalized spacial score (nSPS) is 10.9. The van der Waals surface area contributed by atoms with Crippen molar-refractivity contribution in [3.63, 3.8) is 0 Å². The number of aromatic nitrogens is 4. The molecule has 4 nitrogen and oxygen atoms in total. The first-order valence-electron chi connectivity index (χ1n) is 6.39. The van der Waals surface area contributed by atoms with Gasteiger partial charge in [-0.15, -0.1) is 11.3 Å². The minimum absolute atomic E-state index is 0.465. The molecule has 2 aromatic heterocycles. The molecule has 3 aromatic rings. The van der Waals surface area contributed by atoms with Crippen molar-refractivity contribution < 1.29 is 0 Å². The Balaban J connectivity index is 2.11. The minimum atomic E-state index is 0.465. The van der Waals surface area contributed by atoms with Crippen molar-refractivity contribution in [2.45, 2.75) is 20.3 Å². The van der Waals surface area contributed by atoms with Gasteiger partial charge in [0, 0.05) is 5.56 Å². The van der Waals surface area contributed by atoms with Crippen molar-refractivity contribution in [2.75, 3.05) is 0 Å². The molecule has 0 saturated heterocycles. The number of hydrogen-bond donors (Lipinski definition) is 2. The first-order valence-corrected chi connectivity index (χ1v) is 7.61. The number of nitrogens with zero attached hydrogens (tertiary/aromatic N) is 2. The molecule has 0 aliphatic heterocycles. The van der Waals surface area contributed by atoms with Crippen molar-refractivity contribution in [3.8, 4) is 21.3 Å². The third kappa shape index (κ3) is 2.44. The molecule has 0 aliphatic rings. The highest BCUT2D eigenvalue weighted by Crippen LogP contribution is 2.34. The number of rotatable bonds is 3. The highest BCUT2D eigenvalue weighted by Gasteiger charge is 2.15. The lowest BCUT2D eigenvalue weighted by atomic mass is 10.1. The molecule has 0 amide bonds. The van der Waals surface area contributed by atoms with Crippen LogP contribution >= 0.6 is 23.6 Å². The fourth-order valence-corrected chi connectivity index (χ4v) is 3.29. The lowest BCUT2D eigenvalue weighted by Crippen LogP contribution is -1.86. The molecule has 0 bridgehead atoms. The zero-order valence-electron chi connectivity index (χ0n) is 11.2. The molecule has 20 heavy (non-hydrogen) atoms. The highest BCUT2D eigenvalue weighted by molar-refractivity contribution is 7.71. The summed E-state index contributed by atoms with van der Waals surface area (Å²) in [6.45, 7) is 4.18. The Morgan fingerprint density at radius 3 is 2.75 bits per heavy atom. The van der Waals surface area contributed by atoms with Gasteiger partial charge in [0.05, 0.1) is 10.6 Å². The van der Waals surface area contributed by atoms with Crippen molar-refractivity contribution in [2.24, 2.45) is 0 Å². The van der Waals surface area contributed by atoms with Gasteiger partial charge in [0.1, 0.15) is 5.01 Å². The van der Waals surface area contributed by atoms with Gasteiger partial charge in [-0.25, -0.2) is 4.98 Å². The Hall–Kier alpha value is -1.79. The van der Waals surface area contributed by atoms with Crippen LogP contribution in [0.3, 0.4) is 0 Å². The summed E-state index contributed by atoms with van der Waals surface area (Å²) in [5.41, 5.74) is 3.42. The first-order chi connectivity index (χ1) is 9.67. The zero-order valence-corrected chi connectivity index (χ0v) is 12.9. The van der Waals surface area contributed by atoms with Gasteiger partial charge < -0.3 is 0 Å². The topological polar surface area (TPSA) is 57.4 Å². The maximum absolute atomic E-state index is 5.02. The number of hydrogen-bond acceptors (Lipinski definition) is 4. The van der Waals surface area contributed by atoms with E-state index in [1.165, 1.54) is 5.56 Å². The van der Waals surface area contributed by atoms with Crippen molar-refractivity contribution in [3.05, 3.63) is 40.3 Å². The Morgan fingerprint density at radius 1 is 1.25 bits per heavy atom. The summed E-state index contributed by atoms with van der Waals surface area (Å²) < 4.78 is 0.465. The van der Waals surface area contributed by atoms with E-state index >= 15 is 0 Å². The number of thiazole rings is 1. The van der Waals surface area contributed by atoms with Crippen molar-refractivity contribution >= 4 is 23.6 Å². The lowest BCUT2D eigenvalue weighted by Gasteiger charge is -1.97. The van der Waals surface area contributed by atoms with Crippen LogP contribution in [0.1, 0.15) is 18.2 Å². The van der Waals surface area contributed by atoms with E-state index in [-0.39, 0.29) is 0 Å². The van der Waals surface area contributed by atoms with E-state index in [1.54, 1.807) is 11.3 Å². The average molecular weight is 302 g/mol. The zero-order chi connectivity index (χ0) is 14.1. The fourth-order valence-electron chi connectivity index (χ4n) is 2.06. The molecule has 0 radical (unpaired) electrons. The predicted molar refractivity (Wildman–Crippen MR) is 84.4 cm³/mol. The largest absolute Gasteiger partial charge is 0.281 e. The van der Waals surface area contributed by atoms with Crippen LogP contribution in [0.15, 0.2) is 24.3 Å². The molecule has 6 heteroatoms. The maximum atomic E-state index is 5.02. The molecule has 1 aromatic carbocycles. The summed E-state index contributed by atoms with van der Waals surface area (Å²) in [6, 6.07) is 8.37. The van der Waals surface area contributed by atoms with Crippen molar-refractivity contribution in [1.82, 2.24) is 20.2 Å². The standard InChI is InChI=1S/C14H14N4S2/c1-3-10-11(12-16-14(19)18-17-12)20-13(15-10)9-6-4-5-8(2)7-9/h4-7H,3H2,1-2H3,(H2,16,17,18,19). The third-order valence-electron chi connectivity index (χ3n) is 3.01. The van der Waals surface area contributed by atoms with Crippen LogP contribution in [0.25, 0.3) is 21.3 Å². The monoisotopic (exact) mass is 302 g/mol. The van der Waals surface area contributed by atoms with Gasteiger partial charge in [-0.2, -0.15) is 4.98 Å². The Morgan fingerprint density at radius 2 is 2.10 bits per heavy atom.